The Hall–Kier alpha value is -2.91. The Morgan fingerprint density at radius 3 is 2.63 bits per heavy atom. The highest BCUT2D eigenvalue weighted by Gasteiger charge is 2.56. The van der Waals surface area contributed by atoms with Crippen molar-refractivity contribution in [3.05, 3.63) is 34.9 Å². The number of aliphatic hydroxyl groups excluding tert-OH is 2. The first-order valence-corrected chi connectivity index (χ1v) is 14.9. The smallest absolute Gasteiger partial charge is 0.247 e. The number of carbonyl (C=O) groups is 3. The van der Waals surface area contributed by atoms with Crippen molar-refractivity contribution in [2.75, 3.05) is 26.8 Å². The molecule has 2 amide bonds. The predicted octanol–water partition coefficient (Wildman–Crippen LogP) is 3.08. The molecule has 224 valence electrons. The summed E-state index contributed by atoms with van der Waals surface area (Å²) < 4.78 is 11.8. The molecule has 3 N–H and O–H groups in total. The van der Waals surface area contributed by atoms with E-state index in [1.54, 1.807) is 23.1 Å². The summed E-state index contributed by atoms with van der Waals surface area (Å²) >= 11 is 0. The SMILES string of the molecule is COc1cc(C=O)cc2c1O[C@@H]1[C@@H](O)[C@H](N(C[C@@H]3CC[C@H]4C[C@@H]3C4(C)C)C(=O)CC(C)C)C=C(C(=O)NCCO)[C@H]21. The van der Waals surface area contributed by atoms with Crippen molar-refractivity contribution in [2.24, 2.45) is 29.1 Å². The van der Waals surface area contributed by atoms with Crippen LogP contribution in [-0.4, -0.2) is 78.3 Å². The zero-order chi connectivity index (χ0) is 29.6. The van der Waals surface area contributed by atoms with Gasteiger partial charge in [-0.15, -0.1) is 0 Å². The van der Waals surface area contributed by atoms with Gasteiger partial charge in [-0.3, -0.25) is 14.4 Å². The van der Waals surface area contributed by atoms with Crippen LogP contribution >= 0.6 is 0 Å². The number of hydrogen-bond donors (Lipinski definition) is 3. The van der Waals surface area contributed by atoms with Crippen LogP contribution < -0.4 is 14.8 Å². The first-order chi connectivity index (χ1) is 19.5. The second-order valence-corrected chi connectivity index (χ2v) is 13.2. The van der Waals surface area contributed by atoms with E-state index < -0.39 is 30.1 Å². The third-order valence-electron chi connectivity index (χ3n) is 10.1. The number of nitrogens with one attached hydrogen (secondary N) is 1. The maximum Gasteiger partial charge on any atom is 0.247 e. The minimum absolute atomic E-state index is 0.0514. The summed E-state index contributed by atoms with van der Waals surface area (Å²) in [5, 5.41) is 24.0. The van der Waals surface area contributed by atoms with Crippen LogP contribution in [-0.2, 0) is 9.59 Å². The average molecular weight is 569 g/mol. The number of amides is 2. The Morgan fingerprint density at radius 2 is 2.02 bits per heavy atom. The van der Waals surface area contributed by atoms with E-state index in [2.05, 4.69) is 19.2 Å². The van der Waals surface area contributed by atoms with Crippen molar-refractivity contribution in [1.82, 2.24) is 10.2 Å². The fourth-order valence-electron chi connectivity index (χ4n) is 7.85. The van der Waals surface area contributed by atoms with E-state index in [4.69, 9.17) is 9.47 Å². The molecule has 3 fully saturated rings. The summed E-state index contributed by atoms with van der Waals surface area (Å²) in [7, 11) is 1.47. The quantitative estimate of drug-likeness (QED) is 0.371. The van der Waals surface area contributed by atoms with Crippen LogP contribution in [0.1, 0.15) is 75.2 Å². The summed E-state index contributed by atoms with van der Waals surface area (Å²) in [6, 6.07) is 2.45. The van der Waals surface area contributed by atoms with Crippen molar-refractivity contribution in [3.8, 4) is 11.5 Å². The molecule has 0 unspecified atom stereocenters. The number of nitrogens with zero attached hydrogens (tertiary/aromatic N) is 1. The Balaban J connectivity index is 1.56. The molecule has 9 heteroatoms. The summed E-state index contributed by atoms with van der Waals surface area (Å²) in [6.45, 7) is 9.00. The molecular weight excluding hydrogens is 524 g/mol. The van der Waals surface area contributed by atoms with Crippen LogP contribution in [0.5, 0.6) is 11.5 Å². The van der Waals surface area contributed by atoms with E-state index in [1.165, 1.54) is 13.5 Å². The van der Waals surface area contributed by atoms with Crippen LogP contribution in [0.3, 0.4) is 0 Å². The maximum absolute atomic E-state index is 13.8. The van der Waals surface area contributed by atoms with Gasteiger partial charge in [-0.1, -0.05) is 27.7 Å². The van der Waals surface area contributed by atoms with E-state index in [9.17, 15) is 24.6 Å². The molecule has 1 aromatic rings. The van der Waals surface area contributed by atoms with Gasteiger partial charge in [-0.2, -0.15) is 0 Å². The standard InChI is InChI=1S/C32H44N2O7/c1-17(2)10-26(37)34(15-19-6-7-20-13-23(19)32(20,3)4)24-14-22(31(39)33-8-9-35)27-21-11-18(16-36)12-25(40-5)29(21)41-30(27)28(24)38/h11-12,14,16-17,19-20,23-24,27-28,30,35,38H,6-10,13,15H2,1-5H3,(H,33,39)/t19-,20-,23-,24+,27-,28-,30-/m0/s1. The predicted molar refractivity (Wildman–Crippen MR) is 153 cm³/mol. The summed E-state index contributed by atoms with van der Waals surface area (Å²) in [5.74, 6) is 1.27. The van der Waals surface area contributed by atoms with Gasteiger partial charge in [0.25, 0.3) is 0 Å². The van der Waals surface area contributed by atoms with Gasteiger partial charge in [0, 0.05) is 36.2 Å². The van der Waals surface area contributed by atoms with Crippen LogP contribution in [0.15, 0.2) is 23.8 Å². The molecule has 1 aromatic carbocycles. The number of rotatable bonds is 10. The normalized spacial score (nSPS) is 30.7. The number of hydrogen-bond acceptors (Lipinski definition) is 7. The molecule has 7 atom stereocenters. The van der Waals surface area contributed by atoms with E-state index in [-0.39, 0.29) is 30.4 Å². The first-order valence-electron chi connectivity index (χ1n) is 14.9. The minimum atomic E-state index is -1.12. The molecule has 0 spiro atoms. The summed E-state index contributed by atoms with van der Waals surface area (Å²) in [5.41, 5.74) is 1.52. The second kappa shape index (κ2) is 11.4. The molecule has 9 nitrogen and oxygen atoms in total. The molecule has 1 heterocycles. The number of ether oxygens (including phenoxy) is 2. The van der Waals surface area contributed by atoms with Crippen molar-refractivity contribution < 1.29 is 34.1 Å². The van der Waals surface area contributed by atoms with E-state index in [0.29, 0.717) is 59.3 Å². The number of benzene rings is 1. The lowest BCUT2D eigenvalue weighted by Gasteiger charge is -2.61. The molecule has 0 radical (unpaired) electrons. The first kappa shape index (κ1) is 29.6. The second-order valence-electron chi connectivity index (χ2n) is 13.2. The van der Waals surface area contributed by atoms with Crippen molar-refractivity contribution >= 4 is 18.1 Å². The van der Waals surface area contributed by atoms with E-state index in [1.807, 2.05) is 13.8 Å². The topological polar surface area (TPSA) is 125 Å². The fraction of sp³-hybridized carbons (Fsp3) is 0.656. The molecule has 2 bridgehead atoms. The summed E-state index contributed by atoms with van der Waals surface area (Å²) in [4.78, 5) is 40.9. The van der Waals surface area contributed by atoms with Crippen LogP contribution in [0, 0.1) is 29.1 Å². The molecule has 0 aromatic heterocycles. The van der Waals surface area contributed by atoms with Gasteiger partial charge >= 0.3 is 0 Å². The monoisotopic (exact) mass is 568 g/mol. The Morgan fingerprint density at radius 1 is 1.27 bits per heavy atom. The molecule has 6 rings (SSSR count). The molecule has 5 aliphatic rings. The Kier molecular flexibility index (Phi) is 8.23. The van der Waals surface area contributed by atoms with Crippen molar-refractivity contribution in [2.45, 2.75) is 77.5 Å². The fourth-order valence-corrected chi connectivity index (χ4v) is 7.85. The molecule has 4 aliphatic carbocycles. The van der Waals surface area contributed by atoms with Crippen molar-refractivity contribution in [1.29, 1.82) is 0 Å². The van der Waals surface area contributed by atoms with Crippen LogP contribution in [0.2, 0.25) is 0 Å². The number of aldehydes is 1. The number of aliphatic hydroxyl groups is 2. The number of methoxy groups -OCH3 is 1. The zero-order valence-corrected chi connectivity index (χ0v) is 24.8. The third-order valence-corrected chi connectivity index (χ3v) is 10.1. The maximum atomic E-state index is 13.8. The average Bonchev–Trinajstić information content (AvgIpc) is 3.34. The highest BCUT2D eigenvalue weighted by Crippen LogP contribution is 2.61. The summed E-state index contributed by atoms with van der Waals surface area (Å²) in [6.07, 6.45) is 4.12. The van der Waals surface area contributed by atoms with Gasteiger partial charge in [0.1, 0.15) is 18.5 Å². The van der Waals surface area contributed by atoms with Crippen LogP contribution in [0.25, 0.3) is 0 Å². The molecule has 3 saturated carbocycles. The Labute approximate surface area is 242 Å². The lowest BCUT2D eigenvalue weighted by Crippen LogP contribution is -2.59. The van der Waals surface area contributed by atoms with Crippen molar-refractivity contribution in [3.63, 3.8) is 0 Å². The van der Waals surface area contributed by atoms with E-state index in [0.717, 1.165) is 18.8 Å². The largest absolute Gasteiger partial charge is 0.493 e. The van der Waals surface area contributed by atoms with E-state index >= 15 is 0 Å². The minimum Gasteiger partial charge on any atom is -0.493 e. The molecule has 1 aliphatic heterocycles. The highest BCUT2D eigenvalue weighted by atomic mass is 16.5. The zero-order valence-electron chi connectivity index (χ0n) is 24.8. The van der Waals surface area contributed by atoms with Gasteiger partial charge in [-0.05, 0) is 66.6 Å². The molecular formula is C32H44N2O7. The van der Waals surface area contributed by atoms with Gasteiger partial charge in [-0.25, -0.2) is 0 Å². The lowest BCUT2D eigenvalue weighted by molar-refractivity contribution is -0.147. The van der Waals surface area contributed by atoms with Gasteiger partial charge in [0.15, 0.2) is 11.5 Å². The van der Waals surface area contributed by atoms with Gasteiger partial charge in [0.2, 0.25) is 11.8 Å². The van der Waals surface area contributed by atoms with Crippen LogP contribution in [0.4, 0.5) is 0 Å². The lowest BCUT2D eigenvalue weighted by atomic mass is 9.45. The molecule has 0 saturated heterocycles. The molecule has 41 heavy (non-hydrogen) atoms. The highest BCUT2D eigenvalue weighted by molar-refractivity contribution is 5.96. The van der Waals surface area contributed by atoms with Gasteiger partial charge < -0.3 is 29.9 Å². The number of fused-ring (bicyclic) bond motifs is 5. The van der Waals surface area contributed by atoms with Gasteiger partial charge in [0.05, 0.1) is 25.7 Å². The number of carbonyl (C=O) groups excluding carboxylic acids is 3. The third kappa shape index (κ3) is 5.16. The Bertz CT molecular complexity index is 1220.